The van der Waals surface area contributed by atoms with Crippen molar-refractivity contribution in [3.05, 3.63) is 11.8 Å². The zero-order valence-electron chi connectivity index (χ0n) is 23.9. The number of aliphatic hydroxyl groups excluding tert-OH is 1. The second-order valence-electron chi connectivity index (χ2n) is 12.1. The summed E-state index contributed by atoms with van der Waals surface area (Å²) in [6.07, 6.45) is 3.55. The van der Waals surface area contributed by atoms with Crippen molar-refractivity contribution in [1.82, 2.24) is 4.90 Å². The van der Waals surface area contributed by atoms with Gasteiger partial charge >= 0.3 is 14.5 Å². The summed E-state index contributed by atoms with van der Waals surface area (Å²) in [5, 5.41) is 10.2. The molecular formula is C24H53N2O6Si3+. The van der Waals surface area contributed by atoms with Gasteiger partial charge in [-0.15, -0.1) is 0 Å². The summed E-state index contributed by atoms with van der Waals surface area (Å²) < 4.78 is 24.6. The third kappa shape index (κ3) is 15.5. The highest BCUT2D eigenvalue weighted by atomic mass is 28.5. The molecular weight excluding hydrogens is 497 g/mol. The van der Waals surface area contributed by atoms with Crippen molar-refractivity contribution in [2.75, 3.05) is 66.1 Å². The topological polar surface area (TPSA) is 77.5 Å². The van der Waals surface area contributed by atoms with Crippen LogP contribution >= 0.6 is 0 Å². The average molecular weight is 550 g/mol. The number of piperazine rings is 1. The predicted molar refractivity (Wildman–Crippen MR) is 150 cm³/mol. The van der Waals surface area contributed by atoms with Crippen molar-refractivity contribution in [1.29, 1.82) is 0 Å². The summed E-state index contributed by atoms with van der Waals surface area (Å²) in [7, 11) is -3.91. The molecule has 1 atom stereocenters. The third-order valence-corrected chi connectivity index (χ3v) is 14.6. The lowest BCUT2D eigenvalue weighted by Crippen LogP contribution is -2.60. The molecule has 1 heterocycles. The molecule has 0 radical (unpaired) electrons. The van der Waals surface area contributed by atoms with Gasteiger partial charge in [-0.05, 0) is 57.9 Å². The molecule has 1 unspecified atom stereocenters. The van der Waals surface area contributed by atoms with Gasteiger partial charge in [-0.3, -0.25) is 4.90 Å². The van der Waals surface area contributed by atoms with Crippen molar-refractivity contribution in [3.8, 4) is 0 Å². The van der Waals surface area contributed by atoms with E-state index in [0.717, 1.165) is 39.0 Å². The zero-order chi connectivity index (χ0) is 26.8. The summed E-state index contributed by atoms with van der Waals surface area (Å²) in [5.74, 6) is -0.185. The molecule has 1 aliphatic heterocycles. The Balaban J connectivity index is 2.45. The van der Waals surface area contributed by atoms with Gasteiger partial charge in [-0.25, -0.2) is 4.79 Å². The van der Waals surface area contributed by atoms with Gasteiger partial charge in [0, 0.05) is 26.2 Å². The Kier molecular flexibility index (Phi) is 13.6. The van der Waals surface area contributed by atoms with E-state index >= 15 is 0 Å². The highest BCUT2D eigenvalue weighted by Crippen LogP contribution is 2.21. The summed E-state index contributed by atoms with van der Waals surface area (Å²) in [5.41, 5.74) is 2.03. The lowest BCUT2D eigenvalue weighted by Gasteiger charge is -2.41. The lowest BCUT2D eigenvalue weighted by molar-refractivity contribution is -0.906. The van der Waals surface area contributed by atoms with E-state index in [1.807, 2.05) is 11.8 Å². The lowest BCUT2D eigenvalue weighted by atomic mass is 10.2. The number of aliphatic hydroxyl groups is 1. The number of hydrogen-bond acceptors (Lipinski definition) is 7. The molecule has 0 aromatic rings. The molecule has 1 fully saturated rings. The van der Waals surface area contributed by atoms with Crippen molar-refractivity contribution in [2.24, 2.45) is 0 Å². The highest BCUT2D eigenvalue weighted by Gasteiger charge is 2.38. The first-order valence-corrected chi connectivity index (χ1v) is 22.3. The van der Waals surface area contributed by atoms with Crippen LogP contribution in [0.5, 0.6) is 0 Å². The summed E-state index contributed by atoms with van der Waals surface area (Å²) in [4.78, 5) is 14.8. The van der Waals surface area contributed by atoms with Gasteiger partial charge in [0.05, 0.1) is 32.8 Å². The fourth-order valence-corrected chi connectivity index (χ4v) is 15.5. The largest absolute Gasteiger partial charge is 0.457 e. The smallest absolute Gasteiger partial charge is 0.362 e. The Bertz CT molecular complexity index is 643. The van der Waals surface area contributed by atoms with Crippen molar-refractivity contribution in [2.45, 2.75) is 71.7 Å². The van der Waals surface area contributed by atoms with Crippen LogP contribution < -0.4 is 0 Å². The van der Waals surface area contributed by atoms with Crippen LogP contribution in [0.25, 0.3) is 0 Å². The molecule has 1 saturated heterocycles. The van der Waals surface area contributed by atoms with Gasteiger partial charge in [0.1, 0.15) is 6.61 Å². The Morgan fingerprint density at radius 1 is 1.06 bits per heavy atom. The third-order valence-electron chi connectivity index (χ3n) is 5.62. The number of hydrogen-bond donors (Lipinski definition) is 1. The molecule has 0 saturated carbocycles. The van der Waals surface area contributed by atoms with Crippen LogP contribution in [0.4, 0.5) is 0 Å². The zero-order valence-corrected chi connectivity index (χ0v) is 26.9. The Morgan fingerprint density at radius 2 is 1.63 bits per heavy atom. The maximum Gasteiger partial charge on any atom is 0.362 e. The minimum Gasteiger partial charge on any atom is -0.457 e. The van der Waals surface area contributed by atoms with Gasteiger partial charge in [-0.1, -0.05) is 19.4 Å². The van der Waals surface area contributed by atoms with Crippen LogP contribution in [0.3, 0.4) is 0 Å². The molecule has 1 rings (SSSR count). The van der Waals surface area contributed by atoms with Gasteiger partial charge in [0.25, 0.3) is 0 Å². The van der Waals surface area contributed by atoms with Crippen molar-refractivity contribution < 1.29 is 32.1 Å². The molecule has 1 N–H and O–H groups in total. The monoisotopic (exact) mass is 549 g/mol. The molecule has 0 amide bonds. The van der Waals surface area contributed by atoms with Gasteiger partial charge < -0.3 is 27.3 Å². The van der Waals surface area contributed by atoms with E-state index in [4.69, 9.17) is 17.7 Å². The van der Waals surface area contributed by atoms with Gasteiger partial charge in [0.15, 0.2) is 23.2 Å². The van der Waals surface area contributed by atoms with Crippen molar-refractivity contribution in [3.63, 3.8) is 0 Å². The number of esters is 1. The number of likely N-dealkylation sites (N-methyl/N-ethyl adjacent to an activating group) is 1. The summed E-state index contributed by atoms with van der Waals surface area (Å²) in [6, 6.07) is 0. The standard InChI is InChI=1S/C24H53N2O6Si3/c1-10-11-17-29-22-23(27)20-25-13-15-26(2,16-14-25)21-24(28)30-18-12-19-35(9,31-33(3,4)5)32-34(6,7)8/h12,19,23,27H,10-11,13-18,20-22H2,1-9H3/q+1. The number of unbranched alkanes of at least 4 members (excludes halogenated alkanes) is 1. The number of quaternary nitrogens is 1. The normalized spacial score (nSPS) is 18.7. The van der Waals surface area contributed by atoms with E-state index in [-0.39, 0.29) is 12.6 Å². The average Bonchev–Trinajstić information content (AvgIpc) is 2.67. The second-order valence-corrected chi connectivity index (χ2v) is 24.6. The van der Waals surface area contributed by atoms with Crippen LogP contribution in [0.2, 0.25) is 45.8 Å². The molecule has 1 aliphatic rings. The molecule has 35 heavy (non-hydrogen) atoms. The van der Waals surface area contributed by atoms with Gasteiger partial charge in [0.2, 0.25) is 0 Å². The van der Waals surface area contributed by atoms with Crippen LogP contribution in [0, 0.1) is 0 Å². The number of carbonyl (C=O) groups excluding carboxylic acids is 1. The van der Waals surface area contributed by atoms with E-state index in [1.165, 1.54) is 0 Å². The second kappa shape index (κ2) is 14.5. The fraction of sp³-hybridized carbons (Fsp3) is 0.875. The molecule has 8 nitrogen and oxygen atoms in total. The number of ether oxygens (including phenoxy) is 2. The quantitative estimate of drug-likeness (QED) is 0.137. The maximum absolute atomic E-state index is 12.6. The first-order valence-electron chi connectivity index (χ1n) is 13.1. The van der Waals surface area contributed by atoms with Crippen LogP contribution in [-0.2, 0) is 22.5 Å². The number of nitrogens with zero attached hydrogens (tertiary/aromatic N) is 2. The van der Waals surface area contributed by atoms with Crippen LogP contribution in [0.1, 0.15) is 19.8 Å². The SMILES string of the molecule is CCCCOCC(O)CN1CC[N+](C)(CC(=O)OCC=C[Si](C)(O[Si](C)(C)C)O[Si](C)(C)C)CC1. The molecule has 0 aliphatic carbocycles. The minimum atomic E-state index is -2.47. The van der Waals surface area contributed by atoms with E-state index in [0.29, 0.717) is 30.8 Å². The van der Waals surface area contributed by atoms with E-state index in [1.54, 1.807) is 0 Å². The maximum atomic E-state index is 12.6. The Labute approximate surface area is 217 Å². The van der Waals surface area contributed by atoms with E-state index < -0.39 is 31.3 Å². The Hall–Kier alpha value is -0.379. The van der Waals surface area contributed by atoms with Crippen molar-refractivity contribution >= 4 is 31.2 Å². The fourth-order valence-electron chi connectivity index (χ4n) is 4.21. The predicted octanol–water partition coefficient (Wildman–Crippen LogP) is 3.34. The number of carbonyl (C=O) groups is 1. The first-order chi connectivity index (χ1) is 16.0. The molecule has 0 aromatic heterocycles. The highest BCUT2D eigenvalue weighted by molar-refractivity contribution is 6.89. The minimum absolute atomic E-state index is 0.185. The first kappa shape index (κ1) is 32.6. The number of rotatable bonds is 16. The Morgan fingerprint density at radius 3 is 2.14 bits per heavy atom. The van der Waals surface area contributed by atoms with E-state index in [9.17, 15) is 9.90 Å². The summed E-state index contributed by atoms with van der Waals surface area (Å²) in [6.45, 7) is 23.0. The molecule has 206 valence electrons. The van der Waals surface area contributed by atoms with Gasteiger partial charge in [-0.2, -0.15) is 0 Å². The molecule has 0 aromatic carbocycles. The molecule has 11 heteroatoms. The number of β-amino-alcohol motifs (C(OH)–C–C–N with tert-alkyl or cyclic N) is 1. The van der Waals surface area contributed by atoms with E-state index in [2.05, 4.69) is 64.7 Å². The summed E-state index contributed by atoms with van der Waals surface area (Å²) >= 11 is 0. The van der Waals surface area contributed by atoms with Crippen LogP contribution in [0.15, 0.2) is 11.8 Å². The molecule has 0 bridgehead atoms. The molecule has 0 spiro atoms. The van der Waals surface area contributed by atoms with Crippen LogP contribution in [-0.4, -0.2) is 118 Å².